The molecular weight excluding hydrogens is 282 g/mol. The Hall–Kier alpha value is -2.69. The maximum Gasteiger partial charge on any atom is 0.255 e. The Balaban J connectivity index is 1.54. The molecule has 0 radical (unpaired) electrons. The van der Waals surface area contributed by atoms with E-state index in [-0.39, 0.29) is 12.7 Å². The molecule has 1 amide bonds. The number of nitrogens with one attached hydrogen (secondary N) is 1. The van der Waals surface area contributed by atoms with E-state index >= 15 is 0 Å². The van der Waals surface area contributed by atoms with Crippen molar-refractivity contribution in [3.05, 3.63) is 47.5 Å². The molecule has 112 valence electrons. The van der Waals surface area contributed by atoms with Crippen LogP contribution in [0.4, 0.5) is 5.69 Å². The zero-order valence-electron chi connectivity index (χ0n) is 11.9. The van der Waals surface area contributed by atoms with Crippen molar-refractivity contribution >= 4 is 11.6 Å². The van der Waals surface area contributed by atoms with Gasteiger partial charge in [-0.05, 0) is 54.8 Å². The lowest BCUT2D eigenvalue weighted by molar-refractivity contribution is 0.102. The quantitative estimate of drug-likeness (QED) is 0.926. The molecule has 22 heavy (non-hydrogen) atoms. The number of anilines is 1. The van der Waals surface area contributed by atoms with Crippen molar-refractivity contribution in [3.8, 4) is 17.2 Å². The van der Waals surface area contributed by atoms with Crippen LogP contribution in [0, 0.1) is 0 Å². The van der Waals surface area contributed by atoms with Crippen molar-refractivity contribution in [2.75, 3.05) is 18.7 Å². The molecule has 2 aromatic carbocycles. The molecule has 0 spiro atoms. The maximum absolute atomic E-state index is 12.3. The molecule has 5 nitrogen and oxygen atoms in total. The summed E-state index contributed by atoms with van der Waals surface area (Å²) in [5.41, 5.74) is 2.44. The summed E-state index contributed by atoms with van der Waals surface area (Å²) in [6.45, 7) is 0.959. The first-order chi connectivity index (χ1) is 10.8. The number of aryl methyl sites for hydroxylation is 1. The number of hydrogen-bond acceptors (Lipinski definition) is 4. The number of carbonyl (C=O) groups excluding carboxylic acids is 1. The molecule has 0 saturated heterocycles. The Morgan fingerprint density at radius 2 is 1.82 bits per heavy atom. The van der Waals surface area contributed by atoms with Gasteiger partial charge in [-0.1, -0.05) is 0 Å². The third-order valence-corrected chi connectivity index (χ3v) is 3.80. The fourth-order valence-electron chi connectivity index (χ4n) is 2.68. The van der Waals surface area contributed by atoms with Gasteiger partial charge in [-0.25, -0.2) is 0 Å². The lowest BCUT2D eigenvalue weighted by Crippen LogP contribution is -2.13. The third-order valence-electron chi connectivity index (χ3n) is 3.80. The predicted molar refractivity (Wildman–Crippen MR) is 80.8 cm³/mol. The van der Waals surface area contributed by atoms with Crippen LogP contribution in [0.15, 0.2) is 36.4 Å². The maximum atomic E-state index is 12.3. The molecule has 2 aliphatic rings. The van der Waals surface area contributed by atoms with Gasteiger partial charge in [-0.15, -0.1) is 0 Å². The summed E-state index contributed by atoms with van der Waals surface area (Å²) in [7, 11) is 0. The Kier molecular flexibility index (Phi) is 3.11. The van der Waals surface area contributed by atoms with Gasteiger partial charge in [0.15, 0.2) is 11.5 Å². The molecule has 0 aromatic heterocycles. The first-order valence-electron chi connectivity index (χ1n) is 7.26. The van der Waals surface area contributed by atoms with E-state index in [0.717, 1.165) is 36.4 Å². The summed E-state index contributed by atoms with van der Waals surface area (Å²) in [4.78, 5) is 12.3. The monoisotopic (exact) mass is 297 g/mol. The van der Waals surface area contributed by atoms with E-state index in [1.54, 1.807) is 18.2 Å². The van der Waals surface area contributed by atoms with Crippen LogP contribution in [0.5, 0.6) is 17.2 Å². The Morgan fingerprint density at radius 3 is 2.77 bits per heavy atom. The molecule has 2 aliphatic heterocycles. The number of carbonyl (C=O) groups is 1. The molecule has 5 heteroatoms. The summed E-state index contributed by atoms with van der Waals surface area (Å²) in [6.07, 6.45) is 1.98. The number of benzene rings is 2. The molecule has 0 fully saturated rings. The second-order valence-electron chi connectivity index (χ2n) is 5.30. The fourth-order valence-corrected chi connectivity index (χ4v) is 2.68. The van der Waals surface area contributed by atoms with Crippen molar-refractivity contribution in [1.82, 2.24) is 0 Å². The molecule has 0 saturated carbocycles. The molecule has 0 unspecified atom stereocenters. The van der Waals surface area contributed by atoms with Crippen molar-refractivity contribution in [2.24, 2.45) is 0 Å². The lowest BCUT2D eigenvalue weighted by atomic mass is 10.1. The third kappa shape index (κ3) is 2.35. The Bertz CT molecular complexity index is 741. The van der Waals surface area contributed by atoms with Crippen molar-refractivity contribution < 1.29 is 19.0 Å². The average molecular weight is 297 g/mol. The van der Waals surface area contributed by atoms with Gasteiger partial charge in [0.05, 0.1) is 6.61 Å². The molecule has 0 aliphatic carbocycles. The van der Waals surface area contributed by atoms with Crippen LogP contribution < -0.4 is 19.5 Å². The molecular formula is C17H15NO4. The number of hydrogen-bond donors (Lipinski definition) is 1. The molecule has 2 aromatic rings. The van der Waals surface area contributed by atoms with E-state index in [1.807, 2.05) is 18.2 Å². The van der Waals surface area contributed by atoms with Gasteiger partial charge in [-0.2, -0.15) is 0 Å². The van der Waals surface area contributed by atoms with Crippen LogP contribution in [0.25, 0.3) is 0 Å². The fraction of sp³-hybridized carbons (Fsp3) is 0.235. The average Bonchev–Trinajstić information content (AvgIpc) is 3.02. The van der Waals surface area contributed by atoms with Gasteiger partial charge in [0.1, 0.15) is 5.75 Å². The number of rotatable bonds is 2. The van der Waals surface area contributed by atoms with E-state index in [1.165, 1.54) is 0 Å². The Morgan fingerprint density at radius 1 is 0.955 bits per heavy atom. The van der Waals surface area contributed by atoms with Crippen molar-refractivity contribution in [3.63, 3.8) is 0 Å². The molecule has 2 heterocycles. The minimum atomic E-state index is -0.171. The molecule has 0 bridgehead atoms. The second kappa shape index (κ2) is 5.26. The highest BCUT2D eigenvalue weighted by molar-refractivity contribution is 6.04. The van der Waals surface area contributed by atoms with E-state index in [4.69, 9.17) is 14.2 Å². The SMILES string of the molecule is O=C(Nc1ccc2c(c1)CCCO2)c1ccc2c(c1)OCO2. The van der Waals surface area contributed by atoms with Crippen molar-refractivity contribution in [1.29, 1.82) is 0 Å². The zero-order chi connectivity index (χ0) is 14.9. The van der Waals surface area contributed by atoms with E-state index in [2.05, 4.69) is 5.32 Å². The van der Waals surface area contributed by atoms with Crippen LogP contribution in [-0.4, -0.2) is 19.3 Å². The highest BCUT2D eigenvalue weighted by Crippen LogP contribution is 2.33. The van der Waals surface area contributed by atoms with E-state index < -0.39 is 0 Å². The Labute approximate surface area is 127 Å². The number of fused-ring (bicyclic) bond motifs is 2. The molecule has 0 atom stereocenters. The van der Waals surface area contributed by atoms with Gasteiger partial charge in [0, 0.05) is 11.3 Å². The highest BCUT2D eigenvalue weighted by Gasteiger charge is 2.17. The second-order valence-corrected chi connectivity index (χ2v) is 5.30. The zero-order valence-corrected chi connectivity index (χ0v) is 11.9. The largest absolute Gasteiger partial charge is 0.493 e. The van der Waals surface area contributed by atoms with Gasteiger partial charge in [0.25, 0.3) is 5.91 Å². The first kappa shape index (κ1) is 13.0. The smallest absolute Gasteiger partial charge is 0.255 e. The van der Waals surface area contributed by atoms with Crippen molar-refractivity contribution in [2.45, 2.75) is 12.8 Å². The predicted octanol–water partition coefficient (Wildman–Crippen LogP) is 2.99. The van der Waals surface area contributed by atoms with Crippen LogP contribution in [0.2, 0.25) is 0 Å². The van der Waals surface area contributed by atoms with E-state index in [9.17, 15) is 4.79 Å². The number of amides is 1. The normalized spacial score (nSPS) is 14.9. The topological polar surface area (TPSA) is 56.8 Å². The summed E-state index contributed by atoms with van der Waals surface area (Å²) in [6, 6.07) is 10.9. The summed E-state index contributed by atoms with van der Waals surface area (Å²) in [5.74, 6) is 2.01. The summed E-state index contributed by atoms with van der Waals surface area (Å²) < 4.78 is 16.1. The van der Waals surface area contributed by atoms with Crippen LogP contribution in [0.3, 0.4) is 0 Å². The molecule has 4 rings (SSSR count). The summed E-state index contributed by atoms with van der Waals surface area (Å²) >= 11 is 0. The van der Waals surface area contributed by atoms with Gasteiger partial charge >= 0.3 is 0 Å². The van der Waals surface area contributed by atoms with E-state index in [0.29, 0.717) is 17.1 Å². The van der Waals surface area contributed by atoms with Crippen LogP contribution >= 0.6 is 0 Å². The summed E-state index contributed by atoms with van der Waals surface area (Å²) in [5, 5.41) is 2.91. The van der Waals surface area contributed by atoms with Crippen LogP contribution in [0.1, 0.15) is 22.3 Å². The number of ether oxygens (including phenoxy) is 3. The van der Waals surface area contributed by atoms with Gasteiger partial charge in [-0.3, -0.25) is 4.79 Å². The standard InChI is InChI=1S/C17H15NO4/c19-17(12-3-5-15-16(9-12)22-10-21-15)18-13-4-6-14-11(8-13)2-1-7-20-14/h3-6,8-9H,1-2,7,10H2,(H,18,19). The van der Waals surface area contributed by atoms with Crippen LogP contribution in [-0.2, 0) is 6.42 Å². The lowest BCUT2D eigenvalue weighted by Gasteiger charge is -2.18. The van der Waals surface area contributed by atoms with Gasteiger partial charge in [0.2, 0.25) is 6.79 Å². The minimum absolute atomic E-state index is 0.171. The first-order valence-corrected chi connectivity index (χ1v) is 7.26. The van der Waals surface area contributed by atoms with Gasteiger partial charge < -0.3 is 19.5 Å². The minimum Gasteiger partial charge on any atom is -0.493 e. The molecule has 1 N–H and O–H groups in total. The highest BCUT2D eigenvalue weighted by atomic mass is 16.7.